The van der Waals surface area contributed by atoms with Crippen LogP contribution in [0.2, 0.25) is 0 Å². The number of nitrogens with zero attached hydrogens (tertiary/aromatic N) is 2. The van der Waals surface area contributed by atoms with Gasteiger partial charge in [-0.05, 0) is 37.6 Å². The molecule has 1 aromatic carbocycles. The maximum Gasteiger partial charge on any atom is 0.110 e. The van der Waals surface area contributed by atoms with Crippen LogP contribution in [0.4, 0.5) is 5.69 Å². The molecule has 19 heavy (non-hydrogen) atoms. The molecule has 0 spiro atoms. The summed E-state index contributed by atoms with van der Waals surface area (Å²) in [6, 6.07) is 10.2. The van der Waals surface area contributed by atoms with Gasteiger partial charge in [0.1, 0.15) is 5.82 Å². The lowest BCUT2D eigenvalue weighted by atomic mass is 10.1. The van der Waals surface area contributed by atoms with Crippen LogP contribution in [0, 0.1) is 13.8 Å². The SMILES string of the molecule is Cc1ccc(-c2nc(C)n3cc(N)ccc23)cc1Br. The highest BCUT2D eigenvalue weighted by molar-refractivity contribution is 9.10. The molecule has 0 aliphatic carbocycles. The standard InChI is InChI=1S/C15H14BrN3/c1-9-3-4-11(7-13(9)16)15-14-6-5-12(17)8-19(14)10(2)18-15/h3-8H,17H2,1-2H3. The Kier molecular flexibility index (Phi) is 2.82. The van der Waals surface area contributed by atoms with Crippen LogP contribution in [0.1, 0.15) is 11.4 Å². The van der Waals surface area contributed by atoms with E-state index in [-0.39, 0.29) is 0 Å². The average Bonchev–Trinajstić information content (AvgIpc) is 2.70. The summed E-state index contributed by atoms with van der Waals surface area (Å²) in [7, 11) is 0. The van der Waals surface area contributed by atoms with E-state index in [1.54, 1.807) is 0 Å². The zero-order valence-electron chi connectivity index (χ0n) is 10.8. The van der Waals surface area contributed by atoms with Gasteiger partial charge in [0, 0.05) is 21.9 Å². The van der Waals surface area contributed by atoms with E-state index in [1.165, 1.54) is 5.56 Å². The summed E-state index contributed by atoms with van der Waals surface area (Å²) in [6.45, 7) is 4.06. The average molecular weight is 316 g/mol. The molecule has 2 aromatic heterocycles. The van der Waals surface area contributed by atoms with E-state index >= 15 is 0 Å². The Labute approximate surface area is 120 Å². The number of fused-ring (bicyclic) bond motifs is 1. The second-order valence-electron chi connectivity index (χ2n) is 4.69. The lowest BCUT2D eigenvalue weighted by Crippen LogP contribution is -1.91. The normalized spacial score (nSPS) is 11.1. The van der Waals surface area contributed by atoms with Crippen LogP contribution in [0.25, 0.3) is 16.8 Å². The first-order chi connectivity index (χ1) is 9.06. The van der Waals surface area contributed by atoms with Crippen LogP contribution >= 0.6 is 15.9 Å². The third kappa shape index (κ3) is 2.02. The van der Waals surface area contributed by atoms with Gasteiger partial charge in [-0.3, -0.25) is 0 Å². The molecule has 4 heteroatoms. The first-order valence-corrected chi connectivity index (χ1v) is 6.86. The highest BCUT2D eigenvalue weighted by Gasteiger charge is 2.11. The smallest absolute Gasteiger partial charge is 0.110 e. The fourth-order valence-corrected chi connectivity index (χ4v) is 2.58. The summed E-state index contributed by atoms with van der Waals surface area (Å²) < 4.78 is 3.12. The van der Waals surface area contributed by atoms with Crippen LogP contribution in [-0.2, 0) is 0 Å². The summed E-state index contributed by atoms with van der Waals surface area (Å²) in [6.07, 6.45) is 1.91. The maximum atomic E-state index is 5.83. The molecule has 2 heterocycles. The molecular weight excluding hydrogens is 302 g/mol. The predicted octanol–water partition coefficient (Wildman–Crippen LogP) is 3.96. The van der Waals surface area contributed by atoms with Crippen molar-refractivity contribution in [1.29, 1.82) is 0 Å². The van der Waals surface area contributed by atoms with Crippen LogP contribution in [0.15, 0.2) is 41.0 Å². The zero-order valence-corrected chi connectivity index (χ0v) is 12.4. The van der Waals surface area contributed by atoms with Crippen molar-refractivity contribution in [3.05, 3.63) is 52.4 Å². The molecule has 0 bridgehead atoms. The number of imidazole rings is 1. The minimum absolute atomic E-state index is 0.740. The minimum atomic E-state index is 0.740. The third-order valence-corrected chi connectivity index (χ3v) is 4.14. The van der Waals surface area contributed by atoms with Crippen LogP contribution in [0.3, 0.4) is 0 Å². The molecule has 0 unspecified atom stereocenters. The van der Waals surface area contributed by atoms with Gasteiger partial charge in [-0.15, -0.1) is 0 Å². The first kappa shape index (κ1) is 12.2. The number of rotatable bonds is 1. The van der Waals surface area contributed by atoms with E-state index in [2.05, 4.69) is 46.0 Å². The van der Waals surface area contributed by atoms with Crippen molar-refractivity contribution in [2.45, 2.75) is 13.8 Å². The van der Waals surface area contributed by atoms with Crippen molar-refractivity contribution >= 4 is 27.1 Å². The van der Waals surface area contributed by atoms with Gasteiger partial charge in [0.15, 0.2) is 0 Å². The van der Waals surface area contributed by atoms with E-state index < -0.39 is 0 Å². The van der Waals surface area contributed by atoms with Gasteiger partial charge in [0.05, 0.1) is 11.2 Å². The Bertz CT molecular complexity index is 774. The number of halogens is 1. The molecule has 0 saturated heterocycles. The van der Waals surface area contributed by atoms with Crippen molar-refractivity contribution in [3.63, 3.8) is 0 Å². The first-order valence-electron chi connectivity index (χ1n) is 6.07. The molecule has 0 radical (unpaired) electrons. The second kappa shape index (κ2) is 4.38. The van der Waals surface area contributed by atoms with E-state index in [1.807, 2.05) is 29.7 Å². The van der Waals surface area contributed by atoms with Crippen molar-refractivity contribution < 1.29 is 0 Å². The van der Waals surface area contributed by atoms with Crippen molar-refractivity contribution in [1.82, 2.24) is 9.38 Å². The number of nitrogens with two attached hydrogens (primary N) is 1. The van der Waals surface area contributed by atoms with Gasteiger partial charge in [0.2, 0.25) is 0 Å². The molecule has 2 N–H and O–H groups in total. The van der Waals surface area contributed by atoms with Crippen molar-refractivity contribution in [3.8, 4) is 11.3 Å². The number of nitrogen functional groups attached to an aromatic ring is 1. The monoisotopic (exact) mass is 315 g/mol. The highest BCUT2D eigenvalue weighted by atomic mass is 79.9. The van der Waals surface area contributed by atoms with Gasteiger partial charge in [0.25, 0.3) is 0 Å². The van der Waals surface area contributed by atoms with E-state index in [4.69, 9.17) is 5.73 Å². The lowest BCUT2D eigenvalue weighted by Gasteiger charge is -2.03. The van der Waals surface area contributed by atoms with E-state index in [0.717, 1.165) is 32.8 Å². The molecule has 3 rings (SSSR count). The van der Waals surface area contributed by atoms with Gasteiger partial charge >= 0.3 is 0 Å². The second-order valence-corrected chi connectivity index (χ2v) is 5.54. The number of aromatic nitrogens is 2. The molecule has 0 aliphatic rings. The molecule has 96 valence electrons. The summed E-state index contributed by atoms with van der Waals surface area (Å²) in [5.74, 6) is 0.939. The third-order valence-electron chi connectivity index (χ3n) is 3.28. The Morgan fingerprint density at radius 1 is 1.16 bits per heavy atom. The maximum absolute atomic E-state index is 5.83. The number of hydrogen-bond donors (Lipinski definition) is 1. The molecule has 0 fully saturated rings. The Morgan fingerprint density at radius 3 is 2.68 bits per heavy atom. The van der Waals surface area contributed by atoms with Crippen molar-refractivity contribution in [2.24, 2.45) is 0 Å². The fraction of sp³-hybridized carbons (Fsp3) is 0.133. The van der Waals surface area contributed by atoms with Crippen LogP contribution < -0.4 is 5.73 Å². The molecule has 3 aromatic rings. The minimum Gasteiger partial charge on any atom is -0.398 e. The quantitative estimate of drug-likeness (QED) is 0.738. The topological polar surface area (TPSA) is 43.3 Å². The van der Waals surface area contributed by atoms with Gasteiger partial charge in [-0.2, -0.15) is 0 Å². The zero-order chi connectivity index (χ0) is 13.6. The predicted molar refractivity (Wildman–Crippen MR) is 82.2 cm³/mol. The fourth-order valence-electron chi connectivity index (χ4n) is 2.20. The number of benzene rings is 1. The molecule has 0 atom stereocenters. The number of anilines is 1. The highest BCUT2D eigenvalue weighted by Crippen LogP contribution is 2.29. The number of hydrogen-bond acceptors (Lipinski definition) is 2. The summed E-state index contributed by atoms with van der Waals surface area (Å²) in [4.78, 5) is 4.66. The molecule has 0 aliphatic heterocycles. The number of aryl methyl sites for hydroxylation is 2. The Hall–Kier alpha value is -1.81. The van der Waals surface area contributed by atoms with Crippen molar-refractivity contribution in [2.75, 3.05) is 5.73 Å². The van der Waals surface area contributed by atoms with Crippen LogP contribution in [0.5, 0.6) is 0 Å². The molecule has 0 saturated carbocycles. The molecule has 3 nitrogen and oxygen atoms in total. The summed E-state index contributed by atoms with van der Waals surface area (Å²) in [5.41, 5.74) is 10.9. The largest absolute Gasteiger partial charge is 0.398 e. The Balaban J connectivity index is 2.28. The molecular formula is C15H14BrN3. The van der Waals surface area contributed by atoms with Gasteiger partial charge in [-0.1, -0.05) is 28.1 Å². The molecule has 0 amide bonds. The number of pyridine rings is 1. The van der Waals surface area contributed by atoms with Gasteiger partial charge < -0.3 is 10.1 Å². The summed E-state index contributed by atoms with van der Waals surface area (Å²) in [5, 5.41) is 0. The summed E-state index contributed by atoms with van der Waals surface area (Å²) >= 11 is 3.57. The lowest BCUT2D eigenvalue weighted by molar-refractivity contribution is 1.05. The van der Waals surface area contributed by atoms with Gasteiger partial charge in [-0.25, -0.2) is 4.98 Å². The van der Waals surface area contributed by atoms with Crippen LogP contribution in [-0.4, -0.2) is 9.38 Å². The Morgan fingerprint density at radius 2 is 1.95 bits per heavy atom. The van der Waals surface area contributed by atoms with E-state index in [9.17, 15) is 0 Å². The van der Waals surface area contributed by atoms with E-state index in [0.29, 0.717) is 0 Å².